The lowest BCUT2D eigenvalue weighted by molar-refractivity contribution is -0.491. The highest BCUT2D eigenvalue weighted by Crippen LogP contribution is 2.51. The Balaban J connectivity index is 0.000000697. The molecule has 7 nitrogen and oxygen atoms in total. The van der Waals surface area contributed by atoms with E-state index >= 15 is 0 Å². The van der Waals surface area contributed by atoms with Gasteiger partial charge in [-0.3, -0.25) is 19.2 Å². The maximum absolute atomic E-state index is 9.43. The monoisotopic (exact) mass is 512 g/mol. The van der Waals surface area contributed by atoms with Crippen LogP contribution in [0.25, 0.3) is 0 Å². The maximum Gasteiger partial charge on any atom is 0.449 e. The van der Waals surface area contributed by atoms with Crippen LogP contribution < -0.4 is 4.52 Å². The summed E-state index contributed by atoms with van der Waals surface area (Å²) in [5.74, 6) is 0.0521. The molecule has 1 rings (SSSR count). The summed E-state index contributed by atoms with van der Waals surface area (Å²) in [7, 11) is 0. The highest BCUT2D eigenvalue weighted by atomic mass is 35.6. The second-order valence-corrected chi connectivity index (χ2v) is 9.98. The van der Waals surface area contributed by atoms with Gasteiger partial charge in [0.05, 0.1) is 23.2 Å². The minimum Gasteiger partial charge on any atom is -0.404 e. The molecule has 25 heavy (non-hydrogen) atoms. The number of rotatable bonds is 6. The van der Waals surface area contributed by atoms with Crippen LogP contribution in [0.5, 0.6) is 5.88 Å². The van der Waals surface area contributed by atoms with Gasteiger partial charge in [-0.1, -0.05) is 34.8 Å². The van der Waals surface area contributed by atoms with E-state index in [0.717, 1.165) is 0 Å². The van der Waals surface area contributed by atoms with Crippen molar-refractivity contribution in [2.24, 2.45) is 0 Å². The fraction of sp³-hybridized carbons (Fsp3) is 0.500. The van der Waals surface area contributed by atoms with Gasteiger partial charge in [-0.25, -0.2) is 0 Å². The molecule has 0 atom stereocenters. The molecule has 0 aliphatic heterocycles. The molecule has 144 valence electrons. The molecule has 0 amide bonds. The predicted molar refractivity (Wildman–Crippen MR) is 105 cm³/mol. The highest BCUT2D eigenvalue weighted by molar-refractivity contribution is 8.07. The molecule has 1 heterocycles. The van der Waals surface area contributed by atoms with Crippen LogP contribution in [-0.2, 0) is 20.9 Å². The summed E-state index contributed by atoms with van der Waals surface area (Å²) in [6.07, 6.45) is 0. The molecular weight excluding hydrogens is 504 g/mol. The Hall–Kier alpha value is 0.660. The average molecular weight is 515 g/mol. The molecule has 0 radical (unpaired) electrons. The van der Waals surface area contributed by atoms with E-state index in [-0.39, 0.29) is 21.1 Å². The van der Waals surface area contributed by atoms with E-state index in [2.05, 4.69) is 4.98 Å². The molecule has 1 aromatic heterocycles. The van der Waals surface area contributed by atoms with Crippen molar-refractivity contribution in [2.45, 2.75) is 17.8 Å². The average Bonchev–Trinajstić information content (AvgIpc) is 2.44. The van der Waals surface area contributed by atoms with E-state index < -0.39 is 15.6 Å². The number of hydrogen-bond acceptors (Lipinski definition) is 7. The first-order valence-corrected chi connectivity index (χ1v) is 11.0. The number of aromatic nitrogens is 1. The Labute approximate surface area is 179 Å². The summed E-state index contributed by atoms with van der Waals surface area (Å²) < 4.78 is 13.7. The van der Waals surface area contributed by atoms with Crippen molar-refractivity contribution in [3.8, 4) is 5.88 Å². The minimum atomic E-state index is -2.92. The van der Waals surface area contributed by atoms with E-state index in [1.807, 2.05) is 0 Å². The number of alkyl halides is 3. The Bertz CT molecular complexity index is 637. The third-order valence-corrected chi connectivity index (χ3v) is 5.59. The van der Waals surface area contributed by atoms with Crippen molar-refractivity contribution < 1.29 is 18.5 Å². The third kappa shape index (κ3) is 9.96. The van der Waals surface area contributed by atoms with Crippen molar-refractivity contribution in [1.82, 2.24) is 4.98 Å². The van der Waals surface area contributed by atoms with E-state index in [1.165, 1.54) is 6.07 Å². The molecule has 0 saturated heterocycles. The zero-order valence-corrected chi connectivity index (χ0v) is 18.8. The van der Waals surface area contributed by atoms with Crippen LogP contribution in [0.4, 0.5) is 0 Å². The lowest BCUT2D eigenvalue weighted by Crippen LogP contribution is -2.15. The largest absolute Gasteiger partial charge is 0.449 e. The van der Waals surface area contributed by atoms with Gasteiger partial charge in [-0.2, -0.15) is 4.98 Å². The van der Waals surface area contributed by atoms with Gasteiger partial charge in [-0.15, -0.1) is 0 Å². The Morgan fingerprint density at radius 3 is 2.00 bits per heavy atom. The summed E-state index contributed by atoms with van der Waals surface area (Å²) in [6.45, 7) is 1.37. The molecule has 15 heteroatoms. The van der Waals surface area contributed by atoms with Gasteiger partial charge < -0.3 is 4.52 Å². The molecule has 0 spiro atoms. The fourth-order valence-corrected chi connectivity index (χ4v) is 3.59. The van der Waals surface area contributed by atoms with Gasteiger partial charge in [0.1, 0.15) is 5.02 Å². The molecule has 0 bridgehead atoms. The number of nitro groups is 1. The third-order valence-electron chi connectivity index (χ3n) is 1.83. The van der Waals surface area contributed by atoms with E-state index in [1.54, 1.807) is 13.8 Å². The summed E-state index contributed by atoms with van der Waals surface area (Å²) in [5, 5.41) is 9.93. The van der Waals surface area contributed by atoms with Crippen LogP contribution in [-0.4, -0.2) is 27.0 Å². The number of halogens is 6. The van der Waals surface area contributed by atoms with Crippen LogP contribution in [0.3, 0.4) is 0 Å². The van der Waals surface area contributed by atoms with E-state index in [9.17, 15) is 10.1 Å². The Kier molecular flexibility index (Phi) is 11.8. The number of nitrogens with zero attached hydrogens (tertiary/aromatic N) is 2. The van der Waals surface area contributed by atoms with Gasteiger partial charge >= 0.3 is 10.6 Å². The van der Waals surface area contributed by atoms with Crippen LogP contribution >= 0.6 is 76.3 Å². The van der Waals surface area contributed by atoms with Gasteiger partial charge in [0.15, 0.2) is 5.15 Å². The molecule has 0 saturated carbocycles. The highest BCUT2D eigenvalue weighted by Gasteiger charge is 2.33. The molecule has 0 aliphatic rings. The predicted octanol–water partition coefficient (Wildman–Crippen LogP) is 6.31. The van der Waals surface area contributed by atoms with Crippen molar-refractivity contribution >= 4 is 88.1 Å². The SMILES string of the molecule is CCOP(=S)(OCC)Oc1nc(Cl)c(Cl)cc1Cl.O=[N+]([O-])C(Cl)(Cl)Cl. The molecule has 0 unspecified atom stereocenters. The first-order valence-electron chi connectivity index (χ1n) is 6.17. The zero-order chi connectivity index (χ0) is 19.8. The smallest absolute Gasteiger partial charge is 0.404 e. The summed E-state index contributed by atoms with van der Waals surface area (Å²) in [5.41, 5.74) is 0. The van der Waals surface area contributed by atoms with Crippen molar-refractivity contribution in [3.05, 3.63) is 31.4 Å². The maximum atomic E-state index is 9.43. The van der Waals surface area contributed by atoms with E-state index in [4.69, 9.17) is 95.0 Å². The van der Waals surface area contributed by atoms with Crippen molar-refractivity contribution in [2.75, 3.05) is 13.2 Å². The van der Waals surface area contributed by atoms with E-state index in [0.29, 0.717) is 13.2 Å². The van der Waals surface area contributed by atoms with Crippen LogP contribution in [0.2, 0.25) is 15.2 Å². The Morgan fingerprint density at radius 2 is 1.64 bits per heavy atom. The molecule has 0 N–H and O–H groups in total. The van der Waals surface area contributed by atoms with Crippen molar-refractivity contribution in [1.29, 1.82) is 0 Å². The molecule has 1 aromatic rings. The second kappa shape index (κ2) is 11.5. The van der Waals surface area contributed by atoms with Crippen LogP contribution in [0.1, 0.15) is 13.8 Å². The first-order chi connectivity index (χ1) is 11.4. The molecule has 0 aromatic carbocycles. The topological polar surface area (TPSA) is 83.7 Å². The lowest BCUT2D eigenvalue weighted by Gasteiger charge is -2.20. The lowest BCUT2D eigenvalue weighted by atomic mass is 10.5. The van der Waals surface area contributed by atoms with Crippen LogP contribution in [0.15, 0.2) is 6.07 Å². The summed E-state index contributed by atoms with van der Waals surface area (Å²) in [6, 6.07) is 1.42. The second-order valence-electron chi connectivity index (χ2n) is 3.65. The van der Waals surface area contributed by atoms with Gasteiger partial charge in [0.25, 0.3) is 0 Å². The first kappa shape index (κ1) is 25.7. The summed E-state index contributed by atoms with van der Waals surface area (Å²) >= 11 is 36.8. The van der Waals surface area contributed by atoms with Gasteiger partial charge in [0.2, 0.25) is 5.88 Å². The zero-order valence-electron chi connectivity index (χ0n) is 12.6. The van der Waals surface area contributed by atoms with Crippen molar-refractivity contribution in [3.63, 3.8) is 0 Å². The summed E-state index contributed by atoms with van der Waals surface area (Å²) in [4.78, 5) is 12.3. The van der Waals surface area contributed by atoms with Gasteiger partial charge in [0, 0.05) is 11.8 Å². The van der Waals surface area contributed by atoms with Crippen LogP contribution in [0, 0.1) is 10.1 Å². The minimum absolute atomic E-state index is 0.0521. The quantitative estimate of drug-likeness (QED) is 0.110. The molecule has 0 aliphatic carbocycles. The molecular formula is C10H11Cl6N2O5PS. The number of pyridine rings is 1. The number of hydrogen-bond donors (Lipinski definition) is 0. The Morgan fingerprint density at radius 1 is 1.20 bits per heavy atom. The standard InChI is InChI=1S/C9H11Cl3NO3PS.CCl3NO2/c1-3-14-17(18,15-4-2)16-9-7(11)5-6(10)8(12)13-9;2-1(3,4)5(6)7/h5H,3-4H2,1-2H3;. The fourth-order valence-electron chi connectivity index (χ4n) is 1.00. The molecule has 0 fully saturated rings. The van der Waals surface area contributed by atoms with Gasteiger partial charge in [-0.05, 0) is 54.7 Å². The normalized spacial score (nSPS) is 11.5.